The molecule has 23 heavy (non-hydrogen) atoms. The summed E-state index contributed by atoms with van der Waals surface area (Å²) in [5.41, 5.74) is 2.29. The first-order valence-electron chi connectivity index (χ1n) is 7.68. The number of aliphatic hydroxyl groups excluding tert-OH is 1. The van der Waals surface area contributed by atoms with E-state index in [-0.39, 0.29) is 12.6 Å². The van der Waals surface area contributed by atoms with Crippen LogP contribution in [0.25, 0.3) is 11.3 Å². The summed E-state index contributed by atoms with van der Waals surface area (Å²) in [4.78, 5) is 16.6. The fourth-order valence-corrected chi connectivity index (χ4v) is 2.85. The summed E-state index contributed by atoms with van der Waals surface area (Å²) >= 11 is 1.62. The molecule has 6 heteroatoms. The van der Waals surface area contributed by atoms with Gasteiger partial charge in [-0.25, -0.2) is 9.78 Å². The highest BCUT2D eigenvalue weighted by molar-refractivity contribution is 7.09. The number of aromatic nitrogens is 1. The van der Waals surface area contributed by atoms with Crippen LogP contribution in [-0.4, -0.2) is 28.3 Å². The topological polar surface area (TPSA) is 74.2 Å². The molecule has 3 N–H and O–H groups in total. The lowest BCUT2D eigenvalue weighted by Crippen LogP contribution is -2.48. The Morgan fingerprint density at radius 3 is 2.57 bits per heavy atom. The molecule has 0 spiro atoms. The van der Waals surface area contributed by atoms with Crippen LogP contribution >= 0.6 is 11.3 Å². The smallest absolute Gasteiger partial charge is 0.319 e. The molecule has 0 bridgehead atoms. The summed E-state index contributed by atoms with van der Waals surface area (Å²) in [5, 5.41) is 17.9. The molecule has 0 aliphatic carbocycles. The zero-order chi connectivity index (χ0) is 16.9. The van der Waals surface area contributed by atoms with E-state index in [9.17, 15) is 4.79 Å². The Kier molecular flexibility index (Phi) is 5.74. The van der Waals surface area contributed by atoms with Crippen LogP contribution in [0.3, 0.4) is 0 Å². The van der Waals surface area contributed by atoms with Gasteiger partial charge in [0.05, 0.1) is 10.7 Å². The van der Waals surface area contributed by atoms with Gasteiger partial charge in [0.2, 0.25) is 0 Å². The van der Waals surface area contributed by atoms with Gasteiger partial charge in [0.25, 0.3) is 0 Å². The first-order chi connectivity index (χ1) is 11.0. The quantitative estimate of drug-likeness (QED) is 0.753. The molecule has 2 rings (SSSR count). The second-order valence-corrected chi connectivity index (χ2v) is 6.86. The molecule has 1 aromatic carbocycles. The maximum absolute atomic E-state index is 12.1. The van der Waals surface area contributed by atoms with Crippen LogP contribution < -0.4 is 10.6 Å². The lowest BCUT2D eigenvalue weighted by molar-refractivity contribution is 0.208. The predicted octanol–water partition coefficient (Wildman–Crippen LogP) is 3.79. The Balaban J connectivity index is 1.99. The van der Waals surface area contributed by atoms with Crippen molar-refractivity contribution in [2.24, 2.45) is 0 Å². The van der Waals surface area contributed by atoms with Crippen molar-refractivity contribution in [1.82, 2.24) is 10.3 Å². The van der Waals surface area contributed by atoms with E-state index in [1.54, 1.807) is 11.3 Å². The number of aliphatic hydroxyl groups is 1. The number of carbonyl (C=O) groups excluding carboxylic acids is 1. The number of carbonyl (C=O) groups is 1. The molecule has 5 nitrogen and oxygen atoms in total. The van der Waals surface area contributed by atoms with Crippen molar-refractivity contribution < 1.29 is 9.90 Å². The van der Waals surface area contributed by atoms with Crippen molar-refractivity contribution in [2.75, 3.05) is 11.9 Å². The van der Waals surface area contributed by atoms with Crippen LogP contribution in [-0.2, 0) is 0 Å². The number of hydrogen-bond donors (Lipinski definition) is 3. The van der Waals surface area contributed by atoms with Gasteiger partial charge in [-0.05, 0) is 38.8 Å². The minimum Gasteiger partial charge on any atom is -0.396 e. The molecule has 0 fully saturated rings. The molecule has 0 aliphatic heterocycles. The van der Waals surface area contributed by atoms with Gasteiger partial charge in [-0.3, -0.25) is 0 Å². The van der Waals surface area contributed by atoms with Gasteiger partial charge in [-0.2, -0.15) is 0 Å². The van der Waals surface area contributed by atoms with E-state index in [1.165, 1.54) is 0 Å². The number of anilines is 1. The lowest BCUT2D eigenvalue weighted by Gasteiger charge is -2.29. The van der Waals surface area contributed by atoms with E-state index in [2.05, 4.69) is 15.6 Å². The van der Waals surface area contributed by atoms with Gasteiger partial charge in [-0.1, -0.05) is 19.1 Å². The van der Waals surface area contributed by atoms with E-state index in [1.807, 2.05) is 50.4 Å². The molecular formula is C17H23N3O2S. The Labute approximate surface area is 140 Å². The molecule has 1 unspecified atom stereocenters. The van der Waals surface area contributed by atoms with Gasteiger partial charge < -0.3 is 15.7 Å². The molecule has 0 aliphatic rings. The molecule has 0 saturated carbocycles. The number of rotatable bonds is 6. The monoisotopic (exact) mass is 333 g/mol. The first-order valence-corrected chi connectivity index (χ1v) is 8.56. The minimum atomic E-state index is -0.406. The third kappa shape index (κ3) is 4.77. The summed E-state index contributed by atoms with van der Waals surface area (Å²) < 4.78 is 0. The van der Waals surface area contributed by atoms with Crippen molar-refractivity contribution in [1.29, 1.82) is 0 Å². The maximum Gasteiger partial charge on any atom is 0.319 e. The summed E-state index contributed by atoms with van der Waals surface area (Å²) in [6, 6.07) is 7.34. The molecule has 2 aromatic rings. The van der Waals surface area contributed by atoms with Crippen LogP contribution in [0.2, 0.25) is 0 Å². The van der Waals surface area contributed by atoms with Gasteiger partial charge in [0, 0.05) is 28.8 Å². The fourth-order valence-electron chi connectivity index (χ4n) is 2.23. The van der Waals surface area contributed by atoms with Crippen LogP contribution in [0.15, 0.2) is 29.6 Å². The van der Waals surface area contributed by atoms with E-state index in [0.717, 1.165) is 28.4 Å². The highest BCUT2D eigenvalue weighted by atomic mass is 32.1. The third-order valence-corrected chi connectivity index (χ3v) is 4.69. The molecule has 0 radical (unpaired) electrons. The number of amides is 2. The SMILES string of the molecule is CCC(C)(CCO)NC(=O)Nc1ccc(-c2csc(C)n2)cc1. The molecule has 1 heterocycles. The Bertz CT molecular complexity index is 654. The van der Waals surface area contributed by atoms with Crippen LogP contribution in [0.4, 0.5) is 10.5 Å². The van der Waals surface area contributed by atoms with Gasteiger partial charge in [-0.15, -0.1) is 11.3 Å². The van der Waals surface area contributed by atoms with Crippen molar-refractivity contribution >= 4 is 23.1 Å². The van der Waals surface area contributed by atoms with Gasteiger partial charge in [0.1, 0.15) is 0 Å². The third-order valence-electron chi connectivity index (χ3n) is 3.92. The van der Waals surface area contributed by atoms with E-state index in [0.29, 0.717) is 6.42 Å². The Morgan fingerprint density at radius 2 is 2.04 bits per heavy atom. The lowest BCUT2D eigenvalue weighted by atomic mass is 9.95. The number of benzene rings is 1. The normalized spacial score (nSPS) is 13.4. The highest BCUT2D eigenvalue weighted by Crippen LogP contribution is 2.23. The fraction of sp³-hybridized carbons (Fsp3) is 0.412. The number of aryl methyl sites for hydroxylation is 1. The molecule has 1 aromatic heterocycles. The minimum absolute atomic E-state index is 0.0480. The zero-order valence-electron chi connectivity index (χ0n) is 13.7. The summed E-state index contributed by atoms with van der Waals surface area (Å²) in [5.74, 6) is 0. The van der Waals surface area contributed by atoms with Crippen molar-refractivity contribution in [3.63, 3.8) is 0 Å². The van der Waals surface area contributed by atoms with E-state index in [4.69, 9.17) is 5.11 Å². The first kappa shape index (κ1) is 17.4. The van der Waals surface area contributed by atoms with E-state index >= 15 is 0 Å². The van der Waals surface area contributed by atoms with Crippen LogP contribution in [0.5, 0.6) is 0 Å². The summed E-state index contributed by atoms with van der Waals surface area (Å²) in [6.07, 6.45) is 1.28. The largest absolute Gasteiger partial charge is 0.396 e. The Morgan fingerprint density at radius 1 is 1.35 bits per heavy atom. The Hall–Kier alpha value is -1.92. The van der Waals surface area contributed by atoms with Crippen LogP contribution in [0.1, 0.15) is 31.7 Å². The average Bonchev–Trinajstić information content (AvgIpc) is 2.94. The van der Waals surface area contributed by atoms with Crippen molar-refractivity contribution in [2.45, 2.75) is 39.2 Å². The number of hydrogen-bond acceptors (Lipinski definition) is 4. The number of nitrogens with one attached hydrogen (secondary N) is 2. The highest BCUT2D eigenvalue weighted by Gasteiger charge is 2.23. The molecular weight excluding hydrogens is 310 g/mol. The van der Waals surface area contributed by atoms with E-state index < -0.39 is 5.54 Å². The second-order valence-electron chi connectivity index (χ2n) is 5.80. The second kappa shape index (κ2) is 7.57. The van der Waals surface area contributed by atoms with Crippen molar-refractivity contribution in [3.05, 3.63) is 34.7 Å². The zero-order valence-corrected chi connectivity index (χ0v) is 14.5. The van der Waals surface area contributed by atoms with Gasteiger partial charge >= 0.3 is 6.03 Å². The number of urea groups is 1. The number of nitrogens with zero attached hydrogens (tertiary/aromatic N) is 1. The summed E-state index contributed by atoms with van der Waals surface area (Å²) in [7, 11) is 0. The average molecular weight is 333 g/mol. The molecule has 0 saturated heterocycles. The number of thiazole rings is 1. The van der Waals surface area contributed by atoms with Crippen LogP contribution in [0, 0.1) is 6.92 Å². The van der Waals surface area contributed by atoms with Gasteiger partial charge in [0.15, 0.2) is 0 Å². The molecule has 1 atom stereocenters. The standard InChI is InChI=1S/C17H23N3O2S/c1-4-17(3,9-10-21)20-16(22)19-14-7-5-13(6-8-14)15-11-23-12(2)18-15/h5-8,11,21H,4,9-10H2,1-3H3,(H2,19,20,22). The van der Waals surface area contributed by atoms with Crippen molar-refractivity contribution in [3.8, 4) is 11.3 Å². The summed E-state index contributed by atoms with van der Waals surface area (Å²) in [6.45, 7) is 5.94. The molecule has 2 amide bonds. The molecule has 124 valence electrons. The maximum atomic E-state index is 12.1. The predicted molar refractivity (Wildman–Crippen MR) is 94.8 cm³/mol.